The Morgan fingerprint density at radius 3 is 2.92 bits per heavy atom. The van der Waals surface area contributed by atoms with Crippen molar-refractivity contribution in [3.63, 3.8) is 0 Å². The Morgan fingerprint density at radius 1 is 1.77 bits per heavy atom. The van der Waals surface area contributed by atoms with Crippen molar-refractivity contribution in [3.05, 3.63) is 0 Å². The minimum Gasteiger partial charge on any atom is -0.350 e. The largest absolute Gasteiger partial charge is 0.350 e. The summed E-state index contributed by atoms with van der Waals surface area (Å²) in [7, 11) is 1.93. The minimum absolute atomic E-state index is 0.0369. The number of alkyl halides is 1. The average molecular weight is 188 g/mol. The summed E-state index contributed by atoms with van der Waals surface area (Å²) < 4.78 is 12.1. The van der Waals surface area contributed by atoms with Crippen molar-refractivity contribution in [2.75, 3.05) is 20.3 Å². The molecule has 1 N–H and O–H groups in total. The van der Waals surface area contributed by atoms with E-state index in [9.17, 15) is 9.18 Å². The van der Waals surface area contributed by atoms with E-state index in [-0.39, 0.29) is 18.0 Å². The SMILES string of the molecule is CC(CF)NC(=O)C1CCCN1C. The van der Waals surface area contributed by atoms with Crippen LogP contribution in [-0.2, 0) is 4.79 Å². The maximum atomic E-state index is 12.1. The van der Waals surface area contributed by atoms with Crippen molar-refractivity contribution in [3.8, 4) is 0 Å². The highest BCUT2D eigenvalue weighted by atomic mass is 19.1. The molecule has 1 aliphatic heterocycles. The summed E-state index contributed by atoms with van der Waals surface area (Å²) in [4.78, 5) is 13.5. The topological polar surface area (TPSA) is 32.3 Å². The fourth-order valence-electron chi connectivity index (χ4n) is 1.62. The van der Waals surface area contributed by atoms with E-state index in [2.05, 4.69) is 5.32 Å². The first-order valence-electron chi connectivity index (χ1n) is 4.71. The fraction of sp³-hybridized carbons (Fsp3) is 0.889. The first kappa shape index (κ1) is 10.4. The molecule has 0 radical (unpaired) electrons. The third kappa shape index (κ3) is 2.66. The van der Waals surface area contributed by atoms with Gasteiger partial charge in [0.25, 0.3) is 0 Å². The molecular formula is C9H17FN2O. The van der Waals surface area contributed by atoms with Gasteiger partial charge in [-0.25, -0.2) is 4.39 Å². The van der Waals surface area contributed by atoms with Gasteiger partial charge in [-0.15, -0.1) is 0 Å². The van der Waals surface area contributed by atoms with Gasteiger partial charge in [0.1, 0.15) is 6.67 Å². The molecule has 0 spiro atoms. The summed E-state index contributed by atoms with van der Waals surface area (Å²) in [6.45, 7) is 2.14. The minimum atomic E-state index is -0.498. The molecule has 2 atom stereocenters. The second kappa shape index (κ2) is 4.56. The summed E-state index contributed by atoms with van der Waals surface area (Å²) in [6.07, 6.45) is 1.94. The summed E-state index contributed by atoms with van der Waals surface area (Å²) in [5.74, 6) is -0.0369. The number of nitrogens with zero attached hydrogens (tertiary/aromatic N) is 1. The highest BCUT2D eigenvalue weighted by Crippen LogP contribution is 2.14. The average Bonchev–Trinajstić information content (AvgIpc) is 2.51. The number of likely N-dealkylation sites (N-methyl/N-ethyl adjacent to an activating group) is 1. The van der Waals surface area contributed by atoms with Gasteiger partial charge < -0.3 is 5.32 Å². The van der Waals surface area contributed by atoms with Crippen molar-refractivity contribution in [2.24, 2.45) is 0 Å². The maximum Gasteiger partial charge on any atom is 0.237 e. The molecule has 0 aliphatic carbocycles. The van der Waals surface area contributed by atoms with Crippen LogP contribution in [-0.4, -0.2) is 43.2 Å². The van der Waals surface area contributed by atoms with Gasteiger partial charge in [0, 0.05) is 0 Å². The molecule has 0 aromatic heterocycles. The normalized spacial score (nSPS) is 25.9. The molecule has 1 heterocycles. The van der Waals surface area contributed by atoms with Gasteiger partial charge in [-0.1, -0.05) is 0 Å². The number of likely N-dealkylation sites (tertiary alicyclic amines) is 1. The van der Waals surface area contributed by atoms with Gasteiger partial charge in [-0.3, -0.25) is 9.69 Å². The van der Waals surface area contributed by atoms with E-state index in [1.54, 1.807) is 6.92 Å². The number of rotatable bonds is 3. The molecule has 76 valence electrons. The standard InChI is InChI=1S/C9H17FN2O/c1-7(6-10)11-9(13)8-4-3-5-12(8)2/h7-8H,3-6H2,1-2H3,(H,11,13). The Balaban J connectivity index is 2.38. The van der Waals surface area contributed by atoms with Crippen molar-refractivity contribution in [1.29, 1.82) is 0 Å². The molecule has 0 aromatic carbocycles. The zero-order valence-electron chi connectivity index (χ0n) is 8.22. The second-order valence-electron chi connectivity index (χ2n) is 3.70. The highest BCUT2D eigenvalue weighted by Gasteiger charge is 2.28. The van der Waals surface area contributed by atoms with Crippen LogP contribution in [0.4, 0.5) is 4.39 Å². The third-order valence-electron chi connectivity index (χ3n) is 2.44. The van der Waals surface area contributed by atoms with Gasteiger partial charge >= 0.3 is 0 Å². The molecule has 1 aliphatic rings. The van der Waals surface area contributed by atoms with E-state index in [0.717, 1.165) is 19.4 Å². The van der Waals surface area contributed by atoms with Crippen LogP contribution in [0.5, 0.6) is 0 Å². The predicted octanol–water partition coefficient (Wildman–Crippen LogP) is 0.555. The van der Waals surface area contributed by atoms with E-state index < -0.39 is 6.67 Å². The van der Waals surface area contributed by atoms with Crippen LogP contribution in [0.2, 0.25) is 0 Å². The molecule has 3 nitrogen and oxygen atoms in total. The number of hydrogen-bond acceptors (Lipinski definition) is 2. The zero-order valence-corrected chi connectivity index (χ0v) is 8.22. The van der Waals surface area contributed by atoms with Crippen molar-refractivity contribution >= 4 is 5.91 Å². The van der Waals surface area contributed by atoms with Crippen LogP contribution in [0.1, 0.15) is 19.8 Å². The molecular weight excluding hydrogens is 171 g/mol. The molecule has 1 fully saturated rings. The van der Waals surface area contributed by atoms with Gasteiger partial charge in [0.2, 0.25) is 5.91 Å². The number of carbonyl (C=O) groups is 1. The van der Waals surface area contributed by atoms with Gasteiger partial charge in [-0.05, 0) is 33.4 Å². The van der Waals surface area contributed by atoms with E-state index in [4.69, 9.17) is 0 Å². The Morgan fingerprint density at radius 2 is 2.46 bits per heavy atom. The molecule has 4 heteroatoms. The lowest BCUT2D eigenvalue weighted by atomic mass is 10.2. The Kier molecular flexibility index (Phi) is 3.66. The lowest BCUT2D eigenvalue weighted by Crippen LogP contribution is -2.45. The van der Waals surface area contributed by atoms with E-state index >= 15 is 0 Å². The van der Waals surface area contributed by atoms with Crippen LogP contribution in [0, 0.1) is 0 Å². The van der Waals surface area contributed by atoms with Crippen molar-refractivity contribution in [1.82, 2.24) is 10.2 Å². The highest BCUT2D eigenvalue weighted by molar-refractivity contribution is 5.82. The number of carbonyl (C=O) groups excluding carboxylic acids is 1. The van der Waals surface area contributed by atoms with Gasteiger partial charge in [0.15, 0.2) is 0 Å². The number of nitrogens with one attached hydrogen (secondary N) is 1. The Labute approximate surface area is 78.3 Å². The van der Waals surface area contributed by atoms with E-state index in [1.807, 2.05) is 11.9 Å². The van der Waals surface area contributed by atoms with Crippen LogP contribution >= 0.6 is 0 Å². The van der Waals surface area contributed by atoms with E-state index in [1.165, 1.54) is 0 Å². The van der Waals surface area contributed by atoms with Gasteiger partial charge in [-0.2, -0.15) is 0 Å². The van der Waals surface area contributed by atoms with E-state index in [0.29, 0.717) is 0 Å². The van der Waals surface area contributed by atoms with Crippen LogP contribution in [0.15, 0.2) is 0 Å². The number of halogens is 1. The quantitative estimate of drug-likeness (QED) is 0.701. The lowest BCUT2D eigenvalue weighted by molar-refractivity contribution is -0.125. The first-order chi connectivity index (χ1) is 6.15. The van der Waals surface area contributed by atoms with Crippen LogP contribution < -0.4 is 5.32 Å². The first-order valence-corrected chi connectivity index (χ1v) is 4.71. The molecule has 0 saturated carbocycles. The summed E-state index contributed by atoms with van der Waals surface area (Å²) in [5.41, 5.74) is 0. The van der Waals surface area contributed by atoms with Gasteiger partial charge in [0.05, 0.1) is 12.1 Å². The monoisotopic (exact) mass is 188 g/mol. The molecule has 1 rings (SSSR count). The number of amides is 1. The molecule has 0 bridgehead atoms. The van der Waals surface area contributed by atoms with Crippen LogP contribution in [0.25, 0.3) is 0 Å². The maximum absolute atomic E-state index is 12.1. The van der Waals surface area contributed by atoms with Crippen molar-refractivity contribution < 1.29 is 9.18 Å². The second-order valence-corrected chi connectivity index (χ2v) is 3.70. The lowest BCUT2D eigenvalue weighted by Gasteiger charge is -2.20. The molecule has 2 unspecified atom stereocenters. The number of hydrogen-bond donors (Lipinski definition) is 1. The summed E-state index contributed by atoms with van der Waals surface area (Å²) >= 11 is 0. The smallest absolute Gasteiger partial charge is 0.237 e. The predicted molar refractivity (Wildman–Crippen MR) is 49.2 cm³/mol. The summed E-state index contributed by atoms with van der Waals surface area (Å²) in [5, 5.41) is 2.65. The van der Waals surface area contributed by atoms with Crippen molar-refractivity contribution in [2.45, 2.75) is 31.8 Å². The molecule has 1 saturated heterocycles. The molecule has 1 amide bonds. The Hall–Kier alpha value is -0.640. The third-order valence-corrected chi connectivity index (χ3v) is 2.44. The fourth-order valence-corrected chi connectivity index (χ4v) is 1.62. The zero-order chi connectivity index (χ0) is 9.84. The summed E-state index contributed by atoms with van der Waals surface area (Å²) in [6, 6.07) is -0.407. The molecule has 0 aromatic rings. The van der Waals surface area contributed by atoms with Crippen LogP contribution in [0.3, 0.4) is 0 Å². The molecule has 13 heavy (non-hydrogen) atoms. The Bertz CT molecular complexity index is 186.